The topological polar surface area (TPSA) is 79.1 Å². The molecule has 2 aromatic heterocycles. The number of aliphatic hydroxyl groups excluding tert-OH is 1. The average Bonchev–Trinajstić information content (AvgIpc) is 3.09. The number of imidazole rings is 1. The van der Waals surface area contributed by atoms with Crippen molar-refractivity contribution in [1.82, 2.24) is 19.6 Å². The van der Waals surface area contributed by atoms with Gasteiger partial charge in [-0.15, -0.1) is 0 Å². The number of aryl methyl sites for hydroxylation is 1. The molecule has 0 bridgehead atoms. The van der Waals surface area contributed by atoms with E-state index in [1.165, 1.54) is 14.0 Å². The molecule has 0 spiro atoms. The monoisotopic (exact) mass is 444 g/mol. The molecule has 9 heteroatoms. The second-order valence-corrected chi connectivity index (χ2v) is 8.05. The number of benzene rings is 1. The van der Waals surface area contributed by atoms with Crippen molar-refractivity contribution in [2.75, 3.05) is 26.7 Å². The predicted octanol–water partition coefficient (Wildman–Crippen LogP) is 2.59. The fourth-order valence-electron chi connectivity index (χ4n) is 4.08. The number of aromatic nitrogens is 2. The minimum Gasteiger partial charge on any atom is -0.374 e. The highest BCUT2D eigenvalue weighted by atomic mass is 19.1. The zero-order valence-electron chi connectivity index (χ0n) is 18.2. The van der Waals surface area contributed by atoms with Gasteiger partial charge in [0, 0.05) is 38.2 Å². The Morgan fingerprint density at radius 1 is 1.34 bits per heavy atom. The van der Waals surface area contributed by atoms with Crippen LogP contribution in [0.25, 0.3) is 16.9 Å². The van der Waals surface area contributed by atoms with Crippen LogP contribution < -0.4 is 5.32 Å². The molecule has 0 radical (unpaired) electrons. The molecule has 1 saturated heterocycles. The highest BCUT2D eigenvalue weighted by molar-refractivity contribution is 5.73. The lowest BCUT2D eigenvalue weighted by Gasteiger charge is -2.32. The third-order valence-corrected chi connectivity index (χ3v) is 5.78. The summed E-state index contributed by atoms with van der Waals surface area (Å²) < 4.78 is 37.9. The summed E-state index contributed by atoms with van der Waals surface area (Å²) in [5, 5.41) is 12.5. The zero-order chi connectivity index (χ0) is 23.0. The second kappa shape index (κ2) is 8.93. The van der Waals surface area contributed by atoms with E-state index in [0.29, 0.717) is 37.5 Å². The highest BCUT2D eigenvalue weighted by Crippen LogP contribution is 2.32. The van der Waals surface area contributed by atoms with Crippen LogP contribution in [0.4, 0.5) is 8.78 Å². The van der Waals surface area contributed by atoms with Gasteiger partial charge in [0.15, 0.2) is 0 Å². The number of amides is 1. The smallest absolute Gasteiger partial charge is 0.219 e. The molecule has 1 unspecified atom stereocenters. The van der Waals surface area contributed by atoms with Crippen LogP contribution >= 0.6 is 0 Å². The normalized spacial score (nSPS) is 17.7. The lowest BCUT2D eigenvalue weighted by atomic mass is 10.0. The molecule has 4 rings (SSSR count). The minimum absolute atomic E-state index is 0.0388. The number of hydrogen-bond donors (Lipinski definition) is 2. The number of morpholine rings is 1. The van der Waals surface area contributed by atoms with Gasteiger partial charge in [0.05, 0.1) is 29.7 Å². The molecular weight excluding hydrogens is 418 g/mol. The van der Waals surface area contributed by atoms with Crippen molar-refractivity contribution in [1.29, 1.82) is 0 Å². The van der Waals surface area contributed by atoms with Gasteiger partial charge in [-0.2, -0.15) is 0 Å². The number of pyridine rings is 1. The van der Waals surface area contributed by atoms with Crippen LogP contribution in [0.1, 0.15) is 30.0 Å². The summed E-state index contributed by atoms with van der Waals surface area (Å²) in [5.41, 5.74) is 2.13. The standard InChI is InChI=1S/C23H26F2N4O3/c1-13-4-5-29-19(11-16-12-28(14(2)30)6-7-32-16)22(27-20(29)8-13)21-17(24)9-15(10-18(21)25)23(31)26-3/h4-5,8-10,16,23,26,31H,6-7,11-12H2,1-3H3/t16-,23?/m0/s1. The Morgan fingerprint density at radius 3 is 2.72 bits per heavy atom. The predicted molar refractivity (Wildman–Crippen MR) is 115 cm³/mol. The fraction of sp³-hybridized carbons (Fsp3) is 0.391. The number of nitrogens with one attached hydrogen (secondary N) is 1. The Labute approximate surface area is 184 Å². The summed E-state index contributed by atoms with van der Waals surface area (Å²) in [6.45, 7) is 4.74. The molecule has 3 aromatic rings. The maximum Gasteiger partial charge on any atom is 0.219 e. The van der Waals surface area contributed by atoms with Crippen LogP contribution in [0.5, 0.6) is 0 Å². The van der Waals surface area contributed by atoms with Crippen LogP contribution in [0.2, 0.25) is 0 Å². The Bertz CT molecular complexity index is 1140. The molecule has 7 nitrogen and oxygen atoms in total. The van der Waals surface area contributed by atoms with Crippen molar-refractivity contribution in [3.63, 3.8) is 0 Å². The largest absolute Gasteiger partial charge is 0.374 e. The van der Waals surface area contributed by atoms with Crippen molar-refractivity contribution in [2.45, 2.75) is 32.6 Å². The Balaban J connectivity index is 1.81. The molecule has 1 aromatic carbocycles. The van der Waals surface area contributed by atoms with E-state index in [-0.39, 0.29) is 28.8 Å². The number of halogens is 2. The summed E-state index contributed by atoms with van der Waals surface area (Å²) in [6, 6.07) is 5.94. The molecular formula is C23H26F2N4O3. The molecule has 3 heterocycles. The number of fused-ring (bicyclic) bond motifs is 1. The molecule has 1 aliphatic heterocycles. The SMILES string of the molecule is CNC(O)c1cc(F)c(-c2nc3cc(C)ccn3c2C[C@H]2CN(C(C)=O)CCO2)c(F)c1. The van der Waals surface area contributed by atoms with E-state index in [0.717, 1.165) is 17.7 Å². The van der Waals surface area contributed by atoms with E-state index >= 15 is 8.78 Å². The summed E-state index contributed by atoms with van der Waals surface area (Å²) in [6.07, 6.45) is 0.619. The first-order chi connectivity index (χ1) is 15.3. The van der Waals surface area contributed by atoms with Gasteiger partial charge in [-0.25, -0.2) is 13.8 Å². The molecule has 0 aliphatic carbocycles. The molecule has 1 aliphatic rings. The molecule has 170 valence electrons. The van der Waals surface area contributed by atoms with Crippen LogP contribution in [0.3, 0.4) is 0 Å². The lowest BCUT2D eigenvalue weighted by Crippen LogP contribution is -2.45. The Hall–Kier alpha value is -2.88. The Kier molecular flexibility index (Phi) is 6.23. The van der Waals surface area contributed by atoms with Crippen LogP contribution in [0, 0.1) is 18.6 Å². The van der Waals surface area contributed by atoms with E-state index in [9.17, 15) is 9.90 Å². The average molecular weight is 444 g/mol. The highest BCUT2D eigenvalue weighted by Gasteiger charge is 2.28. The maximum atomic E-state index is 15.1. The van der Waals surface area contributed by atoms with E-state index < -0.39 is 17.9 Å². The van der Waals surface area contributed by atoms with Crippen molar-refractivity contribution >= 4 is 11.6 Å². The number of ether oxygens (including phenoxy) is 1. The van der Waals surface area contributed by atoms with Crippen LogP contribution in [-0.4, -0.2) is 58.1 Å². The summed E-state index contributed by atoms with van der Waals surface area (Å²) >= 11 is 0. The number of rotatable bonds is 5. The van der Waals surface area contributed by atoms with Gasteiger partial charge in [-0.3, -0.25) is 10.1 Å². The maximum absolute atomic E-state index is 15.1. The first-order valence-electron chi connectivity index (χ1n) is 10.5. The van der Waals surface area contributed by atoms with E-state index in [1.54, 1.807) is 9.30 Å². The fourth-order valence-corrected chi connectivity index (χ4v) is 4.08. The first-order valence-corrected chi connectivity index (χ1v) is 10.5. The van der Waals surface area contributed by atoms with Crippen molar-refractivity contribution < 1.29 is 23.4 Å². The van der Waals surface area contributed by atoms with E-state index in [1.807, 2.05) is 25.3 Å². The number of hydrogen-bond acceptors (Lipinski definition) is 5. The number of carbonyl (C=O) groups is 1. The first kappa shape index (κ1) is 22.3. The third-order valence-electron chi connectivity index (χ3n) is 5.78. The summed E-state index contributed by atoms with van der Waals surface area (Å²) in [5.74, 6) is -1.67. The molecule has 1 fully saturated rings. The van der Waals surface area contributed by atoms with Gasteiger partial charge in [-0.05, 0) is 43.8 Å². The van der Waals surface area contributed by atoms with Crippen molar-refractivity contribution in [2.24, 2.45) is 0 Å². The van der Waals surface area contributed by atoms with E-state index in [2.05, 4.69) is 10.3 Å². The molecule has 0 saturated carbocycles. The minimum atomic E-state index is -1.19. The summed E-state index contributed by atoms with van der Waals surface area (Å²) in [7, 11) is 1.49. The number of aliphatic hydroxyl groups is 1. The number of carbonyl (C=O) groups excluding carboxylic acids is 1. The van der Waals surface area contributed by atoms with Gasteiger partial charge in [0.2, 0.25) is 5.91 Å². The Morgan fingerprint density at radius 2 is 2.06 bits per heavy atom. The van der Waals surface area contributed by atoms with Gasteiger partial charge < -0.3 is 19.1 Å². The quantitative estimate of drug-likeness (QED) is 0.592. The molecule has 32 heavy (non-hydrogen) atoms. The van der Waals surface area contributed by atoms with Gasteiger partial charge in [0.25, 0.3) is 0 Å². The van der Waals surface area contributed by atoms with Crippen LogP contribution in [0.15, 0.2) is 30.5 Å². The van der Waals surface area contributed by atoms with Crippen LogP contribution in [-0.2, 0) is 16.0 Å². The molecule has 2 atom stereocenters. The third kappa shape index (κ3) is 4.23. The molecule has 2 N–H and O–H groups in total. The van der Waals surface area contributed by atoms with Gasteiger partial charge in [0.1, 0.15) is 23.5 Å². The zero-order valence-corrected chi connectivity index (χ0v) is 18.2. The molecule has 1 amide bonds. The van der Waals surface area contributed by atoms with Gasteiger partial charge in [-0.1, -0.05) is 0 Å². The number of nitrogens with zero attached hydrogens (tertiary/aromatic N) is 3. The second-order valence-electron chi connectivity index (χ2n) is 8.05. The van der Waals surface area contributed by atoms with Crippen molar-refractivity contribution in [3.8, 4) is 11.3 Å². The van der Waals surface area contributed by atoms with Crippen molar-refractivity contribution in [3.05, 3.63) is 58.9 Å². The summed E-state index contributed by atoms with van der Waals surface area (Å²) in [4.78, 5) is 18.1. The van der Waals surface area contributed by atoms with E-state index in [4.69, 9.17) is 4.74 Å². The lowest BCUT2D eigenvalue weighted by molar-refractivity contribution is -0.136. The van der Waals surface area contributed by atoms with Gasteiger partial charge >= 0.3 is 0 Å².